The van der Waals surface area contributed by atoms with Crippen molar-refractivity contribution < 1.29 is 10.2 Å². The normalized spacial score (nSPS) is 27.2. The molecule has 1 saturated carbocycles. The van der Waals surface area contributed by atoms with Crippen LogP contribution in [-0.4, -0.2) is 29.0 Å². The van der Waals surface area contributed by atoms with Crippen LogP contribution >= 0.6 is 0 Å². The Morgan fingerprint density at radius 2 is 1.86 bits per heavy atom. The molecule has 1 aliphatic carbocycles. The van der Waals surface area contributed by atoms with E-state index in [1.807, 2.05) is 0 Å². The summed E-state index contributed by atoms with van der Waals surface area (Å²) in [5, 5.41) is 18.7. The van der Waals surface area contributed by atoms with Crippen LogP contribution in [0.2, 0.25) is 0 Å². The molecule has 3 heteroatoms. The maximum absolute atomic E-state index is 9.83. The summed E-state index contributed by atoms with van der Waals surface area (Å²) in [5.74, 6) is 0.283. The molecule has 84 valence electrons. The first kappa shape index (κ1) is 12.0. The summed E-state index contributed by atoms with van der Waals surface area (Å²) < 4.78 is 0. The molecule has 0 aromatic rings. The third-order valence-electron chi connectivity index (χ3n) is 3.52. The summed E-state index contributed by atoms with van der Waals surface area (Å²) >= 11 is 0. The van der Waals surface area contributed by atoms with Crippen LogP contribution in [0.1, 0.15) is 39.5 Å². The molecule has 0 radical (unpaired) electrons. The predicted octanol–water partition coefficient (Wildman–Crippen LogP) is 0.883. The Morgan fingerprint density at radius 3 is 2.29 bits per heavy atom. The maximum atomic E-state index is 9.83. The molecule has 0 aromatic carbocycles. The molecule has 0 unspecified atom stereocenters. The van der Waals surface area contributed by atoms with Crippen molar-refractivity contribution in [2.45, 2.75) is 51.7 Å². The zero-order valence-corrected chi connectivity index (χ0v) is 9.24. The summed E-state index contributed by atoms with van der Waals surface area (Å²) in [5.41, 5.74) is 6.03. The number of rotatable bonds is 3. The van der Waals surface area contributed by atoms with Gasteiger partial charge in [-0.1, -0.05) is 13.8 Å². The molecule has 2 atom stereocenters. The highest BCUT2D eigenvalue weighted by atomic mass is 16.3. The first-order valence-corrected chi connectivity index (χ1v) is 5.51. The van der Waals surface area contributed by atoms with Gasteiger partial charge in [-0.05, 0) is 37.0 Å². The van der Waals surface area contributed by atoms with Gasteiger partial charge in [0, 0.05) is 0 Å². The molecule has 0 spiro atoms. The van der Waals surface area contributed by atoms with E-state index in [0.29, 0.717) is 5.41 Å². The molecular weight excluding hydrogens is 178 g/mol. The summed E-state index contributed by atoms with van der Waals surface area (Å²) in [6.45, 7) is 4.41. The van der Waals surface area contributed by atoms with Crippen molar-refractivity contribution in [3.63, 3.8) is 0 Å². The van der Waals surface area contributed by atoms with Crippen LogP contribution in [0.4, 0.5) is 0 Å². The Bertz CT molecular complexity index is 172. The largest absolute Gasteiger partial charge is 0.395 e. The zero-order chi connectivity index (χ0) is 10.8. The van der Waals surface area contributed by atoms with Crippen molar-refractivity contribution in [1.29, 1.82) is 0 Å². The highest BCUT2D eigenvalue weighted by Crippen LogP contribution is 2.39. The van der Waals surface area contributed by atoms with Gasteiger partial charge >= 0.3 is 0 Å². The van der Waals surface area contributed by atoms with Gasteiger partial charge in [0.1, 0.15) is 0 Å². The Balaban J connectivity index is 2.41. The van der Waals surface area contributed by atoms with Crippen molar-refractivity contribution in [2.75, 3.05) is 6.61 Å². The number of hydrogen-bond donors (Lipinski definition) is 3. The molecule has 1 fully saturated rings. The van der Waals surface area contributed by atoms with E-state index < -0.39 is 12.1 Å². The zero-order valence-electron chi connectivity index (χ0n) is 9.24. The second kappa shape index (κ2) is 4.60. The van der Waals surface area contributed by atoms with E-state index >= 15 is 0 Å². The number of aliphatic hydroxyl groups is 2. The van der Waals surface area contributed by atoms with Crippen LogP contribution in [0, 0.1) is 11.3 Å². The minimum atomic E-state index is -0.531. The molecule has 0 heterocycles. The van der Waals surface area contributed by atoms with E-state index in [2.05, 4.69) is 13.8 Å². The van der Waals surface area contributed by atoms with Crippen LogP contribution in [-0.2, 0) is 0 Å². The van der Waals surface area contributed by atoms with Gasteiger partial charge in [0.25, 0.3) is 0 Å². The second-order valence-electron chi connectivity index (χ2n) is 5.34. The van der Waals surface area contributed by atoms with Gasteiger partial charge in [0.15, 0.2) is 0 Å². The van der Waals surface area contributed by atoms with Crippen molar-refractivity contribution >= 4 is 0 Å². The summed E-state index contributed by atoms with van der Waals surface area (Å²) in [4.78, 5) is 0. The molecule has 3 nitrogen and oxygen atoms in total. The van der Waals surface area contributed by atoms with E-state index in [1.54, 1.807) is 0 Å². The molecule has 14 heavy (non-hydrogen) atoms. The van der Waals surface area contributed by atoms with Crippen LogP contribution in [0.25, 0.3) is 0 Å². The fourth-order valence-corrected chi connectivity index (χ4v) is 2.22. The molecule has 4 N–H and O–H groups in total. The van der Waals surface area contributed by atoms with Gasteiger partial charge in [-0.3, -0.25) is 0 Å². The monoisotopic (exact) mass is 201 g/mol. The highest BCUT2D eigenvalue weighted by Gasteiger charge is 2.32. The van der Waals surface area contributed by atoms with Gasteiger partial charge in [-0.25, -0.2) is 0 Å². The molecule has 0 aromatic heterocycles. The maximum Gasteiger partial charge on any atom is 0.0741 e. The molecule has 0 aliphatic heterocycles. The lowest BCUT2D eigenvalue weighted by Crippen LogP contribution is -2.44. The van der Waals surface area contributed by atoms with Gasteiger partial charge in [-0.2, -0.15) is 0 Å². The molecular formula is C11H23NO2. The Morgan fingerprint density at radius 1 is 1.36 bits per heavy atom. The van der Waals surface area contributed by atoms with Gasteiger partial charge in [0.2, 0.25) is 0 Å². The van der Waals surface area contributed by atoms with E-state index in [1.165, 1.54) is 0 Å². The van der Waals surface area contributed by atoms with Crippen LogP contribution in [0.5, 0.6) is 0 Å². The van der Waals surface area contributed by atoms with E-state index in [9.17, 15) is 5.11 Å². The summed E-state index contributed by atoms with van der Waals surface area (Å²) in [6, 6.07) is -0.471. The molecule has 0 amide bonds. The number of nitrogens with two attached hydrogens (primary N) is 1. The van der Waals surface area contributed by atoms with Crippen molar-refractivity contribution in [2.24, 2.45) is 17.1 Å². The Kier molecular flexibility index (Phi) is 3.93. The van der Waals surface area contributed by atoms with Crippen molar-refractivity contribution in [3.05, 3.63) is 0 Å². The van der Waals surface area contributed by atoms with Crippen LogP contribution in [0.3, 0.4) is 0 Å². The first-order valence-electron chi connectivity index (χ1n) is 5.51. The number of hydrogen-bond acceptors (Lipinski definition) is 3. The molecule has 0 bridgehead atoms. The van der Waals surface area contributed by atoms with E-state index in [-0.39, 0.29) is 12.5 Å². The third-order valence-corrected chi connectivity index (χ3v) is 3.52. The van der Waals surface area contributed by atoms with Gasteiger partial charge in [-0.15, -0.1) is 0 Å². The quantitative estimate of drug-likeness (QED) is 0.635. The SMILES string of the molecule is CC1(C)CCC([C@H](O)[C@@H](N)CO)CC1. The van der Waals surface area contributed by atoms with E-state index in [0.717, 1.165) is 25.7 Å². The lowest BCUT2D eigenvalue weighted by atomic mass is 9.71. The van der Waals surface area contributed by atoms with Crippen molar-refractivity contribution in [3.8, 4) is 0 Å². The topological polar surface area (TPSA) is 66.5 Å². The lowest BCUT2D eigenvalue weighted by molar-refractivity contribution is 0.0249. The molecule has 1 rings (SSSR count). The standard InChI is InChI=1S/C11H23NO2/c1-11(2)5-3-8(4-6-11)10(14)9(12)7-13/h8-10,13-14H,3-7,12H2,1-2H3/t9-,10-/m0/s1. The second-order valence-corrected chi connectivity index (χ2v) is 5.34. The molecule has 1 aliphatic rings. The minimum absolute atomic E-state index is 0.124. The summed E-state index contributed by atoms with van der Waals surface area (Å²) in [6.07, 6.45) is 3.82. The first-order chi connectivity index (χ1) is 6.46. The van der Waals surface area contributed by atoms with E-state index in [4.69, 9.17) is 10.8 Å². The number of aliphatic hydroxyl groups excluding tert-OH is 2. The third kappa shape index (κ3) is 2.94. The minimum Gasteiger partial charge on any atom is -0.395 e. The fraction of sp³-hybridized carbons (Fsp3) is 1.00. The average Bonchev–Trinajstić information content (AvgIpc) is 2.15. The Hall–Kier alpha value is -0.120. The average molecular weight is 201 g/mol. The fourth-order valence-electron chi connectivity index (χ4n) is 2.22. The molecule has 0 saturated heterocycles. The van der Waals surface area contributed by atoms with Crippen LogP contribution < -0.4 is 5.73 Å². The van der Waals surface area contributed by atoms with Crippen molar-refractivity contribution in [1.82, 2.24) is 0 Å². The lowest BCUT2D eigenvalue weighted by Gasteiger charge is -2.37. The van der Waals surface area contributed by atoms with Crippen LogP contribution in [0.15, 0.2) is 0 Å². The Labute approximate surface area is 86.3 Å². The van der Waals surface area contributed by atoms with Gasteiger partial charge < -0.3 is 15.9 Å². The smallest absolute Gasteiger partial charge is 0.0741 e. The van der Waals surface area contributed by atoms with Gasteiger partial charge in [0.05, 0.1) is 18.8 Å². The summed E-state index contributed by atoms with van der Waals surface area (Å²) in [7, 11) is 0. The highest BCUT2D eigenvalue weighted by molar-refractivity contribution is 4.85. The predicted molar refractivity (Wildman–Crippen MR) is 56.8 cm³/mol.